The van der Waals surface area contributed by atoms with Gasteiger partial charge < -0.3 is 5.11 Å². The van der Waals surface area contributed by atoms with Crippen molar-refractivity contribution in [2.75, 3.05) is 11.5 Å². The van der Waals surface area contributed by atoms with Crippen LogP contribution in [0.2, 0.25) is 0 Å². The molecule has 0 spiro atoms. The van der Waals surface area contributed by atoms with Crippen LogP contribution in [0.15, 0.2) is 0 Å². The molecule has 0 unspecified atom stereocenters. The summed E-state index contributed by atoms with van der Waals surface area (Å²) in [5, 5.41) is 8.90. The monoisotopic (exact) mass is 210 g/mol. The van der Waals surface area contributed by atoms with Gasteiger partial charge in [0.05, 0.1) is 5.41 Å². The van der Waals surface area contributed by atoms with Crippen molar-refractivity contribution < 1.29 is 18.7 Å². The lowest BCUT2D eigenvalue weighted by Gasteiger charge is -2.32. The highest BCUT2D eigenvalue weighted by atomic mass is 32.2. The Hall–Kier alpha value is -0.320. The molecule has 76 valence electrons. The first-order valence-electron chi connectivity index (χ1n) is 4.16. The van der Waals surface area contributed by atoms with Gasteiger partial charge >= 0.3 is 5.97 Å². The summed E-state index contributed by atoms with van der Waals surface area (Å²) in [4.78, 5) is 10.9. The molecular weight excluding hydrogens is 198 g/mol. The molecule has 0 aliphatic carbocycles. The molecule has 0 saturated carbocycles. The van der Waals surface area contributed by atoms with Crippen LogP contribution in [0.25, 0.3) is 0 Å². The maximum Gasteiger partial charge on any atom is 0.309 e. The summed E-state index contributed by atoms with van der Waals surface area (Å²) in [7, 11) is 0. The lowest BCUT2D eigenvalue weighted by molar-refractivity contribution is -0.152. The number of carboxylic acid groups (broad SMARTS) is 1. The third-order valence-electron chi connectivity index (χ3n) is 2.45. The van der Waals surface area contributed by atoms with Gasteiger partial charge in [-0.25, -0.2) is 8.78 Å². The highest BCUT2D eigenvalue weighted by Crippen LogP contribution is 2.40. The smallest absolute Gasteiger partial charge is 0.309 e. The molecule has 0 atom stereocenters. The van der Waals surface area contributed by atoms with E-state index in [1.54, 1.807) is 11.8 Å². The van der Waals surface area contributed by atoms with E-state index in [0.29, 0.717) is 24.3 Å². The minimum Gasteiger partial charge on any atom is -0.481 e. The number of hydrogen-bond donors (Lipinski definition) is 1. The molecule has 1 aliphatic rings. The summed E-state index contributed by atoms with van der Waals surface area (Å²) in [6.45, 7) is 0. The van der Waals surface area contributed by atoms with Gasteiger partial charge in [0.2, 0.25) is 6.43 Å². The van der Waals surface area contributed by atoms with Crippen LogP contribution < -0.4 is 0 Å². The normalized spacial score (nSPS) is 21.8. The zero-order valence-electron chi connectivity index (χ0n) is 7.13. The van der Waals surface area contributed by atoms with Crippen LogP contribution in [0.3, 0.4) is 0 Å². The van der Waals surface area contributed by atoms with E-state index < -0.39 is 24.2 Å². The largest absolute Gasteiger partial charge is 0.481 e. The van der Waals surface area contributed by atoms with Gasteiger partial charge in [-0.2, -0.15) is 11.8 Å². The number of hydrogen-bond acceptors (Lipinski definition) is 2. The number of carbonyl (C=O) groups is 1. The number of alkyl halides is 2. The Labute approximate surface area is 79.7 Å². The molecule has 1 aliphatic heterocycles. The van der Waals surface area contributed by atoms with Crippen molar-refractivity contribution in [1.82, 2.24) is 0 Å². The minimum atomic E-state index is -2.51. The third kappa shape index (κ3) is 2.56. The quantitative estimate of drug-likeness (QED) is 0.776. The third-order valence-corrected chi connectivity index (χ3v) is 3.43. The fourth-order valence-electron chi connectivity index (χ4n) is 1.56. The predicted molar refractivity (Wildman–Crippen MR) is 47.2 cm³/mol. The summed E-state index contributed by atoms with van der Waals surface area (Å²) in [5.74, 6) is 0.297. The van der Waals surface area contributed by atoms with E-state index >= 15 is 0 Å². The molecule has 1 rings (SSSR count). The van der Waals surface area contributed by atoms with E-state index in [0.717, 1.165) is 0 Å². The summed E-state index contributed by atoms with van der Waals surface area (Å²) in [5.41, 5.74) is -1.15. The second kappa shape index (κ2) is 4.26. The van der Waals surface area contributed by atoms with E-state index in [-0.39, 0.29) is 0 Å². The molecule has 0 radical (unpaired) electrons. The number of halogens is 2. The summed E-state index contributed by atoms with van der Waals surface area (Å²) >= 11 is 1.63. The molecule has 1 fully saturated rings. The summed E-state index contributed by atoms with van der Waals surface area (Å²) < 4.78 is 24.3. The van der Waals surface area contributed by atoms with Gasteiger partial charge in [-0.3, -0.25) is 4.79 Å². The fraction of sp³-hybridized carbons (Fsp3) is 0.875. The van der Waals surface area contributed by atoms with Crippen molar-refractivity contribution >= 4 is 17.7 Å². The second-order valence-corrected chi connectivity index (χ2v) is 4.52. The van der Waals surface area contributed by atoms with Gasteiger partial charge in [-0.1, -0.05) is 0 Å². The van der Waals surface area contributed by atoms with Gasteiger partial charge in [-0.15, -0.1) is 0 Å². The van der Waals surface area contributed by atoms with Crippen LogP contribution in [0.5, 0.6) is 0 Å². The Morgan fingerprint density at radius 2 is 2.00 bits per heavy atom. The minimum absolute atomic E-state index is 0.372. The molecule has 1 saturated heterocycles. The van der Waals surface area contributed by atoms with Crippen molar-refractivity contribution in [3.63, 3.8) is 0 Å². The highest BCUT2D eigenvalue weighted by Gasteiger charge is 2.41. The van der Waals surface area contributed by atoms with Crippen molar-refractivity contribution in [3.8, 4) is 0 Å². The maximum absolute atomic E-state index is 12.2. The van der Waals surface area contributed by atoms with E-state index in [4.69, 9.17) is 5.11 Å². The van der Waals surface area contributed by atoms with Crippen LogP contribution in [0.4, 0.5) is 8.78 Å². The zero-order chi connectivity index (χ0) is 9.90. The van der Waals surface area contributed by atoms with Crippen LogP contribution in [-0.4, -0.2) is 29.0 Å². The van der Waals surface area contributed by atoms with Gasteiger partial charge in [-0.05, 0) is 24.3 Å². The van der Waals surface area contributed by atoms with Crippen molar-refractivity contribution in [3.05, 3.63) is 0 Å². The lowest BCUT2D eigenvalue weighted by atomic mass is 9.79. The Balaban J connectivity index is 2.67. The first-order valence-corrected chi connectivity index (χ1v) is 5.32. The fourth-order valence-corrected chi connectivity index (χ4v) is 2.84. The number of thioether (sulfide) groups is 1. The Bertz CT molecular complexity index is 191. The lowest BCUT2D eigenvalue weighted by Crippen LogP contribution is -2.36. The Kier molecular flexibility index (Phi) is 3.53. The standard InChI is InChI=1S/C8H12F2O2S/c9-6(10)5-8(7(11)12)1-3-13-4-2-8/h6H,1-5H2,(H,11,12). The average Bonchev–Trinajstić information content (AvgIpc) is 2.04. The molecule has 0 amide bonds. The molecule has 5 heteroatoms. The molecule has 0 aromatic heterocycles. The SMILES string of the molecule is O=C(O)C1(CC(F)F)CCSCC1. The molecule has 1 heterocycles. The van der Waals surface area contributed by atoms with Crippen LogP contribution >= 0.6 is 11.8 Å². The molecule has 1 N–H and O–H groups in total. The van der Waals surface area contributed by atoms with Crippen molar-refractivity contribution in [1.29, 1.82) is 0 Å². The van der Waals surface area contributed by atoms with E-state index in [9.17, 15) is 13.6 Å². The topological polar surface area (TPSA) is 37.3 Å². The number of aliphatic carboxylic acids is 1. The van der Waals surface area contributed by atoms with E-state index in [2.05, 4.69) is 0 Å². The Morgan fingerprint density at radius 3 is 2.38 bits per heavy atom. The molecule has 0 aromatic carbocycles. The van der Waals surface area contributed by atoms with Gasteiger partial charge in [0.1, 0.15) is 0 Å². The summed E-state index contributed by atoms with van der Waals surface area (Å²) in [6.07, 6.45) is -2.27. The van der Waals surface area contributed by atoms with E-state index in [1.165, 1.54) is 0 Å². The molecule has 0 bridgehead atoms. The van der Waals surface area contributed by atoms with Crippen molar-refractivity contribution in [2.45, 2.75) is 25.7 Å². The molecule has 13 heavy (non-hydrogen) atoms. The molecule has 2 nitrogen and oxygen atoms in total. The zero-order valence-corrected chi connectivity index (χ0v) is 7.95. The first-order chi connectivity index (χ1) is 6.07. The number of carboxylic acids is 1. The molecule has 0 aromatic rings. The number of rotatable bonds is 3. The van der Waals surface area contributed by atoms with Gasteiger partial charge in [0.25, 0.3) is 0 Å². The average molecular weight is 210 g/mol. The Morgan fingerprint density at radius 1 is 1.46 bits per heavy atom. The van der Waals surface area contributed by atoms with Crippen LogP contribution in [0, 0.1) is 5.41 Å². The van der Waals surface area contributed by atoms with Crippen molar-refractivity contribution in [2.24, 2.45) is 5.41 Å². The van der Waals surface area contributed by atoms with Gasteiger partial charge in [0, 0.05) is 6.42 Å². The molecular formula is C8H12F2O2S. The summed E-state index contributed by atoms with van der Waals surface area (Å²) in [6, 6.07) is 0. The predicted octanol–water partition coefficient (Wildman–Crippen LogP) is 2.24. The maximum atomic E-state index is 12.2. The van der Waals surface area contributed by atoms with Gasteiger partial charge in [0.15, 0.2) is 0 Å². The second-order valence-electron chi connectivity index (χ2n) is 3.29. The highest BCUT2D eigenvalue weighted by molar-refractivity contribution is 7.99. The van der Waals surface area contributed by atoms with Crippen LogP contribution in [0.1, 0.15) is 19.3 Å². The first kappa shape index (κ1) is 10.8. The van der Waals surface area contributed by atoms with Crippen LogP contribution in [-0.2, 0) is 4.79 Å². The van der Waals surface area contributed by atoms with E-state index in [1.807, 2.05) is 0 Å².